The van der Waals surface area contributed by atoms with Crippen LogP contribution in [0.1, 0.15) is 24.5 Å². The fourth-order valence-electron chi connectivity index (χ4n) is 1.87. The van der Waals surface area contributed by atoms with Crippen LogP contribution in [0.25, 0.3) is 0 Å². The van der Waals surface area contributed by atoms with Gasteiger partial charge in [0.1, 0.15) is 0 Å². The number of nitrogens with zero attached hydrogens (tertiary/aromatic N) is 1. The molecule has 1 aromatic rings. The normalized spacial score (nSPS) is 28.4. The van der Waals surface area contributed by atoms with E-state index in [0.717, 1.165) is 18.4 Å². The Bertz CT molecular complexity index is 233. The van der Waals surface area contributed by atoms with Crippen LogP contribution < -0.4 is 5.32 Å². The molecule has 0 aromatic carbocycles. The Balaban J connectivity index is 1.97. The number of aromatic nitrogens is 1. The van der Waals surface area contributed by atoms with Gasteiger partial charge in [-0.05, 0) is 32.4 Å². The van der Waals surface area contributed by atoms with Gasteiger partial charge in [-0.2, -0.15) is 0 Å². The third kappa shape index (κ3) is 1.39. The van der Waals surface area contributed by atoms with Gasteiger partial charge in [-0.15, -0.1) is 11.3 Å². The maximum Gasteiger partial charge on any atom is 0.0794 e. The number of hydrogen-bond acceptors (Lipinski definition) is 3. The van der Waals surface area contributed by atoms with Crippen LogP contribution in [0.5, 0.6) is 0 Å². The summed E-state index contributed by atoms with van der Waals surface area (Å²) in [7, 11) is 2.02. The fourth-order valence-corrected chi connectivity index (χ4v) is 2.49. The van der Waals surface area contributed by atoms with Crippen LogP contribution in [0.3, 0.4) is 0 Å². The van der Waals surface area contributed by atoms with Gasteiger partial charge in [0, 0.05) is 11.3 Å². The van der Waals surface area contributed by atoms with Crippen LogP contribution in [0, 0.1) is 5.92 Å². The summed E-state index contributed by atoms with van der Waals surface area (Å²) in [5.41, 5.74) is 3.25. The van der Waals surface area contributed by atoms with Crippen LogP contribution in [-0.4, -0.2) is 18.6 Å². The predicted molar refractivity (Wildman–Crippen MR) is 51.5 cm³/mol. The molecule has 1 N–H and O–H groups in total. The van der Waals surface area contributed by atoms with Crippen molar-refractivity contribution in [2.24, 2.45) is 5.92 Å². The van der Waals surface area contributed by atoms with Crippen molar-refractivity contribution in [3.05, 3.63) is 16.6 Å². The second-order valence-electron chi connectivity index (χ2n) is 3.41. The summed E-state index contributed by atoms with van der Waals surface area (Å²) in [6, 6.07) is 0. The zero-order chi connectivity index (χ0) is 8.39. The van der Waals surface area contributed by atoms with Crippen molar-refractivity contribution >= 4 is 11.3 Å². The van der Waals surface area contributed by atoms with Gasteiger partial charge in [-0.25, -0.2) is 4.98 Å². The Kier molecular flexibility index (Phi) is 2.42. The summed E-state index contributed by atoms with van der Waals surface area (Å²) in [6.45, 7) is 1.14. The lowest BCUT2D eigenvalue weighted by molar-refractivity contribution is 0.247. The molecule has 0 spiro atoms. The topological polar surface area (TPSA) is 24.9 Å². The van der Waals surface area contributed by atoms with Gasteiger partial charge in [0.05, 0.1) is 11.2 Å². The Morgan fingerprint density at radius 3 is 3.08 bits per heavy atom. The molecule has 2 rings (SSSR count). The average Bonchev–Trinajstić information content (AvgIpc) is 2.51. The Labute approximate surface area is 77.0 Å². The molecule has 2 nitrogen and oxygen atoms in total. The highest BCUT2D eigenvalue weighted by Gasteiger charge is 2.32. The van der Waals surface area contributed by atoms with Crippen molar-refractivity contribution in [2.45, 2.75) is 18.8 Å². The maximum absolute atomic E-state index is 4.36. The molecular weight excluding hydrogens is 168 g/mol. The minimum atomic E-state index is 0.740. The highest BCUT2D eigenvalue weighted by Crippen LogP contribution is 2.41. The smallest absolute Gasteiger partial charge is 0.0794 e. The van der Waals surface area contributed by atoms with E-state index in [4.69, 9.17) is 0 Å². The Morgan fingerprint density at radius 2 is 2.58 bits per heavy atom. The second-order valence-corrected chi connectivity index (χ2v) is 4.13. The molecule has 3 heteroatoms. The fraction of sp³-hybridized carbons (Fsp3) is 0.667. The van der Waals surface area contributed by atoms with E-state index in [1.165, 1.54) is 18.5 Å². The zero-order valence-corrected chi connectivity index (χ0v) is 8.10. The van der Waals surface area contributed by atoms with Gasteiger partial charge in [0.25, 0.3) is 0 Å². The van der Waals surface area contributed by atoms with Gasteiger partial charge in [0.2, 0.25) is 0 Å². The molecule has 1 aliphatic carbocycles. The summed E-state index contributed by atoms with van der Waals surface area (Å²) < 4.78 is 0. The van der Waals surface area contributed by atoms with Crippen molar-refractivity contribution in [1.82, 2.24) is 10.3 Å². The van der Waals surface area contributed by atoms with Gasteiger partial charge in [-0.3, -0.25) is 0 Å². The van der Waals surface area contributed by atoms with E-state index < -0.39 is 0 Å². The van der Waals surface area contributed by atoms with Crippen molar-refractivity contribution in [3.63, 3.8) is 0 Å². The lowest BCUT2D eigenvalue weighted by atomic mass is 9.72. The summed E-state index contributed by atoms with van der Waals surface area (Å²) in [5.74, 6) is 1.57. The molecule has 66 valence electrons. The second kappa shape index (κ2) is 3.54. The van der Waals surface area contributed by atoms with Crippen molar-refractivity contribution < 1.29 is 0 Å². The summed E-state index contributed by atoms with van der Waals surface area (Å²) >= 11 is 1.71. The monoisotopic (exact) mass is 182 g/mol. The highest BCUT2D eigenvalue weighted by molar-refractivity contribution is 7.07. The summed E-state index contributed by atoms with van der Waals surface area (Å²) in [4.78, 5) is 4.36. The first-order valence-electron chi connectivity index (χ1n) is 4.44. The van der Waals surface area contributed by atoms with Gasteiger partial charge in [0.15, 0.2) is 0 Å². The number of hydrogen-bond donors (Lipinski definition) is 1. The van der Waals surface area contributed by atoms with Gasteiger partial charge < -0.3 is 5.32 Å². The lowest BCUT2D eigenvalue weighted by Gasteiger charge is -2.35. The molecule has 1 heterocycles. The van der Waals surface area contributed by atoms with Gasteiger partial charge in [-0.1, -0.05) is 0 Å². The molecule has 0 saturated heterocycles. The van der Waals surface area contributed by atoms with E-state index in [1.54, 1.807) is 11.3 Å². The first kappa shape index (κ1) is 8.20. The van der Waals surface area contributed by atoms with Crippen LogP contribution in [-0.2, 0) is 0 Å². The Morgan fingerprint density at radius 1 is 1.67 bits per heavy atom. The summed E-state index contributed by atoms with van der Waals surface area (Å²) in [6.07, 6.45) is 2.69. The quantitative estimate of drug-likeness (QED) is 0.771. The average molecular weight is 182 g/mol. The van der Waals surface area contributed by atoms with E-state index in [9.17, 15) is 0 Å². The van der Waals surface area contributed by atoms with E-state index in [-0.39, 0.29) is 0 Å². The van der Waals surface area contributed by atoms with Crippen molar-refractivity contribution in [1.29, 1.82) is 0 Å². The molecule has 0 bridgehead atoms. The van der Waals surface area contributed by atoms with Crippen molar-refractivity contribution in [2.75, 3.05) is 13.6 Å². The van der Waals surface area contributed by atoms with E-state index >= 15 is 0 Å². The van der Waals surface area contributed by atoms with Crippen molar-refractivity contribution in [3.8, 4) is 0 Å². The SMILES string of the molecule is CNCC1CCC1c1cscn1. The minimum Gasteiger partial charge on any atom is -0.319 e. The Hall–Kier alpha value is -0.410. The molecule has 1 aliphatic rings. The highest BCUT2D eigenvalue weighted by atomic mass is 32.1. The van der Waals surface area contributed by atoms with Crippen LogP contribution in [0.2, 0.25) is 0 Å². The maximum atomic E-state index is 4.36. The number of thiazole rings is 1. The largest absolute Gasteiger partial charge is 0.319 e. The molecule has 0 radical (unpaired) electrons. The van der Waals surface area contributed by atoms with E-state index in [0.29, 0.717) is 0 Å². The zero-order valence-electron chi connectivity index (χ0n) is 7.29. The molecule has 0 amide bonds. The number of nitrogens with one attached hydrogen (secondary N) is 1. The predicted octanol–water partition coefficient (Wildman–Crippen LogP) is 1.86. The third-order valence-corrected chi connectivity index (χ3v) is 3.32. The first-order chi connectivity index (χ1) is 5.92. The standard InChI is InChI=1S/C9H14N2S/c1-10-4-7-2-3-8(7)9-5-12-6-11-9/h5-8,10H,2-4H2,1H3. The molecule has 2 unspecified atom stereocenters. The van der Waals surface area contributed by atoms with Crippen LogP contribution in [0.15, 0.2) is 10.9 Å². The molecule has 12 heavy (non-hydrogen) atoms. The number of rotatable bonds is 3. The van der Waals surface area contributed by atoms with Crippen LogP contribution in [0.4, 0.5) is 0 Å². The van der Waals surface area contributed by atoms with E-state index in [2.05, 4.69) is 15.7 Å². The minimum absolute atomic E-state index is 0.740. The first-order valence-corrected chi connectivity index (χ1v) is 5.39. The molecule has 1 aromatic heterocycles. The van der Waals surface area contributed by atoms with Gasteiger partial charge >= 0.3 is 0 Å². The van der Waals surface area contributed by atoms with E-state index in [1.807, 2.05) is 12.6 Å². The molecule has 0 aliphatic heterocycles. The molecular formula is C9H14N2S. The molecule has 2 atom stereocenters. The lowest BCUT2D eigenvalue weighted by Crippen LogP contribution is -2.32. The third-order valence-electron chi connectivity index (χ3n) is 2.72. The molecule has 1 fully saturated rings. The van der Waals surface area contributed by atoms with Crippen LogP contribution >= 0.6 is 11.3 Å². The summed E-state index contributed by atoms with van der Waals surface area (Å²) in [5, 5.41) is 5.42. The molecule has 1 saturated carbocycles.